The molecule has 0 atom stereocenters. The molecule has 0 saturated carbocycles. The summed E-state index contributed by atoms with van der Waals surface area (Å²) in [6.07, 6.45) is 0. The molecular weight excluding hydrogens is 260 g/mol. The molecule has 0 aliphatic carbocycles. The van der Waals surface area contributed by atoms with Gasteiger partial charge in [-0.25, -0.2) is 0 Å². The molecule has 0 spiro atoms. The predicted octanol–water partition coefficient (Wildman–Crippen LogP) is 6.81. The van der Waals surface area contributed by atoms with Gasteiger partial charge in [-0.3, -0.25) is 0 Å². The van der Waals surface area contributed by atoms with Gasteiger partial charge in [-0.1, -0.05) is 85.3 Å². The average Bonchev–Trinajstić information content (AvgIpc) is 2.31. The van der Waals surface area contributed by atoms with E-state index >= 15 is 0 Å². The Hall–Kier alpha value is 0.174. The van der Waals surface area contributed by atoms with Crippen molar-refractivity contribution in [1.29, 1.82) is 0 Å². The van der Waals surface area contributed by atoms with Crippen LogP contribution in [0.4, 0.5) is 0 Å². The third-order valence-electron chi connectivity index (χ3n) is 6.06. The van der Waals surface area contributed by atoms with Crippen molar-refractivity contribution < 1.29 is 0 Å². The highest BCUT2D eigenvalue weighted by atomic mass is 28.4. The molecule has 0 radical (unpaired) electrons. The quantitative estimate of drug-likeness (QED) is 0.432. The zero-order valence-electron chi connectivity index (χ0n) is 15.1. The molecule has 0 N–H and O–H groups in total. The predicted molar refractivity (Wildman–Crippen MR) is 97.4 cm³/mol. The zero-order chi connectivity index (χ0) is 15.4. The van der Waals surface area contributed by atoms with Crippen LogP contribution >= 0.6 is 0 Å². The molecular formula is C17H38Si2. The van der Waals surface area contributed by atoms with Gasteiger partial charge >= 0.3 is 0 Å². The molecule has 0 aromatic heterocycles. The van der Waals surface area contributed by atoms with Crippen LogP contribution in [0.25, 0.3) is 0 Å². The molecule has 0 nitrogen and oxygen atoms in total. The van der Waals surface area contributed by atoms with Gasteiger partial charge < -0.3 is 0 Å². The van der Waals surface area contributed by atoms with E-state index in [-0.39, 0.29) is 0 Å². The average molecular weight is 299 g/mol. The third kappa shape index (κ3) is 3.10. The zero-order valence-corrected chi connectivity index (χ0v) is 17.1. The van der Waals surface area contributed by atoms with Gasteiger partial charge in [0.1, 0.15) is 0 Å². The van der Waals surface area contributed by atoms with Crippen LogP contribution in [0.1, 0.15) is 62.3 Å². The van der Waals surface area contributed by atoms with Crippen LogP contribution in [0, 0.1) is 0 Å². The first-order chi connectivity index (χ1) is 8.67. The van der Waals surface area contributed by atoms with Gasteiger partial charge in [-0.05, 0) is 16.6 Å². The molecule has 0 rings (SSSR count). The summed E-state index contributed by atoms with van der Waals surface area (Å²) < 4.78 is 0. The molecule has 0 fully saturated rings. The van der Waals surface area contributed by atoms with Crippen LogP contribution in [0.3, 0.4) is 0 Å². The van der Waals surface area contributed by atoms with Crippen molar-refractivity contribution in [2.45, 2.75) is 97.1 Å². The lowest BCUT2D eigenvalue weighted by atomic mass is 10.5. The van der Waals surface area contributed by atoms with Gasteiger partial charge in [0.15, 0.2) is 0 Å². The summed E-state index contributed by atoms with van der Waals surface area (Å²) in [6.45, 7) is 26.9. The lowest BCUT2D eigenvalue weighted by Gasteiger charge is -2.51. The number of hydrogen-bond acceptors (Lipinski definition) is 0. The Balaban J connectivity index is 5.95. The molecule has 0 aliphatic heterocycles. The van der Waals surface area contributed by atoms with E-state index in [1.54, 1.807) is 4.82 Å². The van der Waals surface area contributed by atoms with Crippen LogP contribution in [0.2, 0.25) is 34.8 Å². The van der Waals surface area contributed by atoms with E-state index in [2.05, 4.69) is 62.3 Å². The highest BCUT2D eigenvalue weighted by Crippen LogP contribution is 2.50. The molecule has 0 aromatic carbocycles. The van der Waals surface area contributed by atoms with Gasteiger partial charge in [0, 0.05) is 0 Å². The molecule has 0 aliphatic rings. The fourth-order valence-corrected chi connectivity index (χ4v) is 21.6. The van der Waals surface area contributed by atoms with Crippen LogP contribution in [0.5, 0.6) is 0 Å². The second-order valence-electron chi connectivity index (χ2n) is 7.22. The maximum atomic E-state index is 4.80. The highest BCUT2D eigenvalue weighted by Gasteiger charge is 2.50. The second kappa shape index (κ2) is 7.26. The summed E-state index contributed by atoms with van der Waals surface area (Å²) in [6, 6.07) is 4.17. The van der Waals surface area contributed by atoms with Crippen molar-refractivity contribution in [3.05, 3.63) is 11.4 Å². The minimum absolute atomic E-state index is 0.816. The lowest BCUT2D eigenvalue weighted by Crippen LogP contribution is -2.55. The van der Waals surface area contributed by atoms with Crippen LogP contribution in [-0.2, 0) is 0 Å². The van der Waals surface area contributed by atoms with E-state index in [1.807, 2.05) is 0 Å². The van der Waals surface area contributed by atoms with E-state index in [4.69, 9.17) is 6.58 Å². The van der Waals surface area contributed by atoms with Gasteiger partial charge in [0.25, 0.3) is 0 Å². The largest absolute Gasteiger partial charge is 0.107 e. The summed E-state index contributed by atoms with van der Waals surface area (Å²) in [4.78, 5) is 1.80. The first kappa shape index (κ1) is 19.2. The molecule has 0 saturated heterocycles. The van der Waals surface area contributed by atoms with Crippen molar-refractivity contribution in [3.63, 3.8) is 0 Å². The normalized spacial score (nSPS) is 13.7. The Kier molecular flexibility index (Phi) is 7.33. The minimum Gasteiger partial charge on any atom is -0.107 e. The van der Waals surface area contributed by atoms with Crippen LogP contribution in [-0.4, -0.2) is 16.1 Å². The first-order valence-corrected chi connectivity index (χ1v) is 13.2. The Morgan fingerprint density at radius 3 is 1.16 bits per heavy atom. The summed E-state index contributed by atoms with van der Waals surface area (Å²) in [7, 11) is -2.74. The van der Waals surface area contributed by atoms with Crippen molar-refractivity contribution in [3.8, 4) is 0 Å². The van der Waals surface area contributed by atoms with Crippen LogP contribution in [0.15, 0.2) is 11.4 Å². The number of hydrogen-bond donors (Lipinski definition) is 0. The molecule has 0 amide bonds. The fourth-order valence-electron chi connectivity index (χ4n) is 4.89. The topological polar surface area (TPSA) is 0 Å². The van der Waals surface area contributed by atoms with Crippen molar-refractivity contribution >= 4 is 16.1 Å². The van der Waals surface area contributed by atoms with Gasteiger partial charge in [0.2, 0.25) is 0 Å². The SMILES string of the molecule is C=C([Si](CC)(CC)CC)[Si](C(C)C)(C(C)C)C(C)C. The fraction of sp³-hybridized carbons (Fsp3) is 0.882. The van der Waals surface area contributed by atoms with Crippen molar-refractivity contribution in [1.82, 2.24) is 0 Å². The lowest BCUT2D eigenvalue weighted by molar-refractivity contribution is 0.828. The third-order valence-corrected chi connectivity index (χ3v) is 21.1. The molecule has 0 bridgehead atoms. The summed E-state index contributed by atoms with van der Waals surface area (Å²) >= 11 is 0. The molecule has 0 aromatic rings. The van der Waals surface area contributed by atoms with E-state index < -0.39 is 16.1 Å². The Bertz CT molecular complexity index is 256. The highest BCUT2D eigenvalue weighted by molar-refractivity contribution is 7.08. The first-order valence-electron chi connectivity index (χ1n) is 8.37. The van der Waals surface area contributed by atoms with Crippen LogP contribution < -0.4 is 0 Å². The Morgan fingerprint density at radius 1 is 0.737 bits per heavy atom. The number of rotatable bonds is 8. The molecule has 2 heteroatoms. The van der Waals surface area contributed by atoms with E-state index in [1.165, 1.54) is 18.1 Å². The Morgan fingerprint density at radius 2 is 1.00 bits per heavy atom. The maximum Gasteiger partial charge on any atom is 0.0841 e. The molecule has 19 heavy (non-hydrogen) atoms. The molecule has 114 valence electrons. The van der Waals surface area contributed by atoms with E-state index in [0.29, 0.717) is 0 Å². The van der Waals surface area contributed by atoms with Gasteiger partial charge in [-0.15, -0.1) is 6.58 Å². The standard InChI is InChI=1S/C17H38Si2/c1-11-18(12-2,13-3)17(10)19(14(4)5,15(6)7)16(8)9/h14-16H,10-13H2,1-9H3. The van der Waals surface area contributed by atoms with E-state index in [9.17, 15) is 0 Å². The van der Waals surface area contributed by atoms with Crippen molar-refractivity contribution in [2.24, 2.45) is 0 Å². The minimum atomic E-state index is -1.46. The Labute approximate surface area is 125 Å². The van der Waals surface area contributed by atoms with Gasteiger partial charge in [0.05, 0.1) is 16.1 Å². The second-order valence-corrected chi connectivity index (χ2v) is 18.9. The molecule has 0 heterocycles. The van der Waals surface area contributed by atoms with Gasteiger partial charge in [-0.2, -0.15) is 0 Å². The smallest absolute Gasteiger partial charge is 0.0841 e. The summed E-state index contributed by atoms with van der Waals surface area (Å²) in [5.74, 6) is 0. The van der Waals surface area contributed by atoms with E-state index in [0.717, 1.165) is 16.6 Å². The summed E-state index contributed by atoms with van der Waals surface area (Å²) in [5, 5.41) is 0. The maximum absolute atomic E-state index is 4.80. The monoisotopic (exact) mass is 298 g/mol. The van der Waals surface area contributed by atoms with Crippen molar-refractivity contribution in [2.75, 3.05) is 0 Å². The molecule has 0 unspecified atom stereocenters. The summed E-state index contributed by atoms with van der Waals surface area (Å²) in [5.41, 5.74) is 2.45.